The van der Waals surface area contributed by atoms with Crippen molar-refractivity contribution in [3.05, 3.63) is 28.2 Å². The molecule has 0 bridgehead atoms. The average Bonchev–Trinajstić information content (AvgIpc) is 2.01. The summed E-state index contributed by atoms with van der Waals surface area (Å²) in [6.45, 7) is -6.34. The predicted octanol–water partition coefficient (Wildman–Crippen LogP) is 3.76. The topological polar surface area (TPSA) is 9.23 Å². The first kappa shape index (κ1) is 11.5. The first-order valence-corrected chi connectivity index (χ1v) is 4.43. The zero-order valence-electron chi connectivity index (χ0n) is 6.81. The molecule has 0 aromatic heterocycles. The summed E-state index contributed by atoms with van der Waals surface area (Å²) < 4.78 is 40.0. The van der Waals surface area contributed by atoms with Crippen LogP contribution < -0.4 is 4.74 Å². The maximum atomic E-state index is 11.9. The highest BCUT2D eigenvalue weighted by molar-refractivity contribution is 6.58. The Morgan fingerprint density at radius 1 is 1.14 bits per heavy atom. The number of hydrogen-bond acceptors (Lipinski definition) is 1. The summed E-state index contributed by atoms with van der Waals surface area (Å²) in [7, 11) is 0. The molecule has 0 radical (unpaired) electrons. The number of halogens is 5. The van der Waals surface area contributed by atoms with Gasteiger partial charge in [-0.1, -0.05) is 29.3 Å². The lowest BCUT2D eigenvalue weighted by Gasteiger charge is -2.16. The van der Waals surface area contributed by atoms with Crippen LogP contribution in [0.3, 0.4) is 0 Å². The largest absolute Gasteiger partial charge is 0.519 e. The SMILES string of the molecule is F[B-](F)(F)COc1c(Cl)cccc1Cl. The summed E-state index contributed by atoms with van der Waals surface area (Å²) >= 11 is 11.2. The van der Waals surface area contributed by atoms with E-state index in [0.29, 0.717) is 0 Å². The van der Waals surface area contributed by atoms with E-state index in [0.717, 1.165) is 0 Å². The van der Waals surface area contributed by atoms with Crippen LogP contribution in [0.5, 0.6) is 5.75 Å². The first-order valence-electron chi connectivity index (χ1n) is 3.68. The molecule has 1 aromatic carbocycles. The van der Waals surface area contributed by atoms with Crippen molar-refractivity contribution in [1.82, 2.24) is 0 Å². The molecule has 0 heterocycles. The first-order chi connectivity index (χ1) is 6.40. The van der Waals surface area contributed by atoms with Crippen molar-refractivity contribution in [3.8, 4) is 5.75 Å². The van der Waals surface area contributed by atoms with Crippen LogP contribution in [0.4, 0.5) is 12.9 Å². The third-order valence-corrected chi connectivity index (χ3v) is 1.93. The zero-order chi connectivity index (χ0) is 10.8. The van der Waals surface area contributed by atoms with Gasteiger partial charge in [-0.15, -0.1) is 0 Å². The van der Waals surface area contributed by atoms with Crippen molar-refractivity contribution in [2.24, 2.45) is 0 Å². The van der Waals surface area contributed by atoms with Crippen LogP contribution in [-0.2, 0) is 0 Å². The van der Waals surface area contributed by atoms with Crippen LogP contribution in [0.15, 0.2) is 18.2 Å². The van der Waals surface area contributed by atoms with Gasteiger partial charge in [-0.3, -0.25) is 0 Å². The second-order valence-electron chi connectivity index (χ2n) is 2.57. The number of benzene rings is 1. The Hall–Kier alpha value is -0.545. The van der Waals surface area contributed by atoms with Gasteiger partial charge in [0.05, 0.1) is 16.6 Å². The molecule has 0 aliphatic carbocycles. The molecule has 14 heavy (non-hydrogen) atoms. The number of ether oxygens (including phenoxy) is 1. The second kappa shape index (κ2) is 4.32. The fraction of sp³-hybridized carbons (Fsp3) is 0.143. The molecule has 0 aliphatic heterocycles. The Labute approximate surface area is 88.8 Å². The van der Waals surface area contributed by atoms with Gasteiger partial charge in [0.25, 0.3) is 0 Å². The minimum absolute atomic E-state index is 0.0672. The maximum absolute atomic E-state index is 11.9. The second-order valence-corrected chi connectivity index (χ2v) is 3.39. The normalized spacial score (nSPS) is 11.5. The molecule has 0 saturated carbocycles. The van der Waals surface area contributed by atoms with Gasteiger partial charge in [0.2, 0.25) is 0 Å². The van der Waals surface area contributed by atoms with E-state index in [2.05, 4.69) is 4.74 Å². The van der Waals surface area contributed by atoms with Crippen molar-refractivity contribution in [1.29, 1.82) is 0 Å². The third kappa shape index (κ3) is 3.31. The average molecular weight is 244 g/mol. The minimum Gasteiger partial charge on any atom is -0.519 e. The van der Waals surface area contributed by atoms with Crippen LogP contribution in [-0.4, -0.2) is 13.5 Å². The molecule has 0 spiro atoms. The quantitative estimate of drug-likeness (QED) is 0.735. The molecule has 0 amide bonds. The van der Waals surface area contributed by atoms with Crippen LogP contribution in [0.1, 0.15) is 0 Å². The van der Waals surface area contributed by atoms with Crippen molar-refractivity contribution in [2.45, 2.75) is 0 Å². The van der Waals surface area contributed by atoms with Crippen LogP contribution in [0, 0.1) is 0 Å². The number of hydrogen-bond donors (Lipinski definition) is 0. The zero-order valence-corrected chi connectivity index (χ0v) is 8.33. The van der Waals surface area contributed by atoms with E-state index in [1.165, 1.54) is 18.2 Å². The van der Waals surface area contributed by atoms with Crippen molar-refractivity contribution in [3.63, 3.8) is 0 Å². The molecule has 0 fully saturated rings. The highest BCUT2D eigenvalue weighted by Gasteiger charge is 2.25. The summed E-state index contributed by atoms with van der Waals surface area (Å²) in [6, 6.07) is 4.34. The fourth-order valence-corrected chi connectivity index (χ4v) is 1.30. The van der Waals surface area contributed by atoms with Crippen LogP contribution >= 0.6 is 23.2 Å². The van der Waals surface area contributed by atoms with E-state index in [-0.39, 0.29) is 15.8 Å². The fourth-order valence-electron chi connectivity index (χ4n) is 0.798. The smallest absolute Gasteiger partial charge is 0.515 e. The summed E-state index contributed by atoms with van der Waals surface area (Å²) in [4.78, 5) is 0. The lowest BCUT2D eigenvalue weighted by atomic mass is 9.95. The molecule has 0 aliphatic rings. The molecule has 1 aromatic rings. The van der Waals surface area contributed by atoms with Gasteiger partial charge >= 0.3 is 6.98 Å². The Balaban J connectivity index is 2.77. The highest BCUT2D eigenvalue weighted by atomic mass is 35.5. The summed E-state index contributed by atoms with van der Waals surface area (Å²) in [5.74, 6) is -0.130. The lowest BCUT2D eigenvalue weighted by molar-refractivity contribution is 0.313. The molecule has 0 N–H and O–H groups in total. The molecular formula is C7H5BCl2F3O-. The van der Waals surface area contributed by atoms with Crippen molar-refractivity contribution in [2.75, 3.05) is 6.51 Å². The Morgan fingerprint density at radius 2 is 1.64 bits per heavy atom. The van der Waals surface area contributed by atoms with E-state index >= 15 is 0 Å². The summed E-state index contributed by atoms with van der Waals surface area (Å²) in [5, 5.41) is 0.134. The standard InChI is InChI=1S/C7H5BCl2F3O/c9-5-2-1-3-6(10)7(5)14-4-8(11,12)13/h1-3H,4H2/q-1. The van der Waals surface area contributed by atoms with Gasteiger partial charge in [-0.2, -0.15) is 0 Å². The van der Waals surface area contributed by atoms with Crippen molar-refractivity contribution >= 4 is 30.2 Å². The van der Waals surface area contributed by atoms with Gasteiger partial charge in [-0.25, -0.2) is 0 Å². The van der Waals surface area contributed by atoms with E-state index in [9.17, 15) is 12.9 Å². The maximum Gasteiger partial charge on any atom is 0.515 e. The van der Waals surface area contributed by atoms with Gasteiger partial charge < -0.3 is 17.7 Å². The van der Waals surface area contributed by atoms with Gasteiger partial charge in [0.15, 0.2) is 5.75 Å². The molecule has 7 heteroatoms. The van der Waals surface area contributed by atoms with E-state index in [1.807, 2.05) is 0 Å². The summed E-state index contributed by atoms with van der Waals surface area (Å²) in [6.07, 6.45) is 0. The predicted molar refractivity (Wildman–Crippen MR) is 51.0 cm³/mol. The van der Waals surface area contributed by atoms with Crippen LogP contribution in [0.2, 0.25) is 10.0 Å². The Kier molecular flexibility index (Phi) is 3.56. The van der Waals surface area contributed by atoms with Crippen LogP contribution in [0.25, 0.3) is 0 Å². The van der Waals surface area contributed by atoms with Gasteiger partial charge in [0, 0.05) is 0 Å². The molecule has 1 nitrogen and oxygen atoms in total. The molecular weight excluding hydrogens is 239 g/mol. The Morgan fingerprint density at radius 3 is 2.07 bits per heavy atom. The lowest BCUT2D eigenvalue weighted by Crippen LogP contribution is -2.26. The summed E-state index contributed by atoms with van der Waals surface area (Å²) in [5.41, 5.74) is 0. The van der Waals surface area contributed by atoms with Gasteiger partial charge in [0.1, 0.15) is 0 Å². The molecule has 1 rings (SSSR count). The van der Waals surface area contributed by atoms with Gasteiger partial charge in [-0.05, 0) is 12.1 Å². The minimum atomic E-state index is -5.00. The third-order valence-electron chi connectivity index (χ3n) is 1.34. The monoisotopic (exact) mass is 243 g/mol. The highest BCUT2D eigenvalue weighted by Crippen LogP contribution is 2.32. The van der Waals surface area contributed by atoms with Crippen molar-refractivity contribution < 1.29 is 17.7 Å². The molecule has 78 valence electrons. The van der Waals surface area contributed by atoms with E-state index in [1.54, 1.807) is 0 Å². The van der Waals surface area contributed by atoms with E-state index < -0.39 is 13.5 Å². The molecule has 0 unspecified atom stereocenters. The van der Waals surface area contributed by atoms with E-state index in [4.69, 9.17) is 23.2 Å². The number of rotatable bonds is 3. The molecule has 0 saturated heterocycles. The Bertz CT molecular complexity index is 309. The molecule has 0 atom stereocenters. The number of para-hydroxylation sites is 1.